The molecule has 0 aliphatic carbocycles. The molecule has 1 aromatic carbocycles. The standard InChI is InChI=1S/C27H34F5N5O4SSi/c1-26(2,14-35-25(38)39)13-34-24(42)36-16-10-18(28)22(19(29)11-16)41-20-6-7-33-23-21(20)17(27(30,31)32)12-37(23)15-40-8-9-43(3,4)5/h6-7,10-12,35H,8-9,13-15H2,1-5H3,(H,38,39)(H2,34,36,42). The van der Waals surface area contributed by atoms with Crippen LogP contribution in [0.15, 0.2) is 30.6 Å². The molecule has 0 fully saturated rings. The number of hydrogen-bond acceptors (Lipinski definition) is 5. The van der Waals surface area contributed by atoms with Gasteiger partial charge in [-0.05, 0) is 29.7 Å². The van der Waals surface area contributed by atoms with E-state index in [1.54, 1.807) is 13.8 Å². The Bertz CT molecular complexity index is 1450. The van der Waals surface area contributed by atoms with Crippen LogP contribution in [0.5, 0.6) is 11.5 Å². The number of fused-ring (bicyclic) bond motifs is 1. The number of alkyl halides is 3. The molecule has 3 rings (SSSR count). The van der Waals surface area contributed by atoms with Crippen LogP contribution in [0, 0.1) is 17.0 Å². The van der Waals surface area contributed by atoms with E-state index in [1.807, 2.05) is 0 Å². The van der Waals surface area contributed by atoms with Gasteiger partial charge in [-0.3, -0.25) is 0 Å². The monoisotopic (exact) mass is 647 g/mol. The maximum Gasteiger partial charge on any atom is 0.418 e. The number of carboxylic acid groups (broad SMARTS) is 1. The van der Waals surface area contributed by atoms with E-state index in [2.05, 4.69) is 40.6 Å². The van der Waals surface area contributed by atoms with Crippen LogP contribution in [0.4, 0.5) is 32.4 Å². The Morgan fingerprint density at radius 1 is 1.12 bits per heavy atom. The molecule has 4 N–H and O–H groups in total. The summed E-state index contributed by atoms with van der Waals surface area (Å²) in [7, 11) is -1.42. The molecule has 0 saturated heterocycles. The van der Waals surface area contributed by atoms with Crippen molar-refractivity contribution in [2.24, 2.45) is 5.41 Å². The van der Waals surface area contributed by atoms with E-state index in [1.165, 1.54) is 10.8 Å². The molecule has 236 valence electrons. The number of pyridine rings is 1. The second-order valence-corrected chi connectivity index (χ2v) is 17.9. The first-order valence-corrected chi connectivity index (χ1v) is 17.3. The number of amides is 1. The molecule has 0 saturated carbocycles. The minimum Gasteiger partial charge on any atom is -0.465 e. The van der Waals surface area contributed by atoms with Gasteiger partial charge in [0, 0.05) is 58.0 Å². The Hall–Kier alpha value is -3.50. The zero-order valence-corrected chi connectivity index (χ0v) is 26.1. The van der Waals surface area contributed by atoms with Gasteiger partial charge in [0.05, 0.1) is 10.9 Å². The molecule has 3 aromatic rings. The van der Waals surface area contributed by atoms with Gasteiger partial charge >= 0.3 is 12.3 Å². The van der Waals surface area contributed by atoms with Crippen LogP contribution in [-0.2, 0) is 17.6 Å². The first-order chi connectivity index (χ1) is 19.9. The van der Waals surface area contributed by atoms with Crippen molar-refractivity contribution in [3.8, 4) is 11.5 Å². The summed E-state index contributed by atoms with van der Waals surface area (Å²) in [6.45, 7) is 10.5. The average molecular weight is 648 g/mol. The SMILES string of the molecule is CC(C)(CNC(=O)O)CNC(=S)Nc1cc(F)c(Oc2ccnc3c2c(C(F)(F)F)cn3COCC[Si](C)(C)C)c(F)c1. The summed E-state index contributed by atoms with van der Waals surface area (Å²) in [6, 6.07) is 3.67. The summed E-state index contributed by atoms with van der Waals surface area (Å²) < 4.78 is 84.3. The summed E-state index contributed by atoms with van der Waals surface area (Å²) >= 11 is 5.17. The predicted octanol–water partition coefficient (Wildman–Crippen LogP) is 7.02. The largest absolute Gasteiger partial charge is 0.465 e. The van der Waals surface area contributed by atoms with Gasteiger partial charge in [-0.1, -0.05) is 33.5 Å². The number of rotatable bonds is 12. The van der Waals surface area contributed by atoms with E-state index in [9.17, 15) is 18.0 Å². The second kappa shape index (κ2) is 13.4. The van der Waals surface area contributed by atoms with Crippen molar-refractivity contribution < 1.29 is 41.3 Å². The lowest BCUT2D eigenvalue weighted by molar-refractivity contribution is -0.136. The van der Waals surface area contributed by atoms with Crippen LogP contribution in [0.2, 0.25) is 25.7 Å². The Morgan fingerprint density at radius 2 is 1.74 bits per heavy atom. The molecule has 0 atom stereocenters. The maximum atomic E-state index is 15.0. The smallest absolute Gasteiger partial charge is 0.418 e. The highest BCUT2D eigenvalue weighted by Crippen LogP contribution is 2.42. The number of ether oxygens (including phenoxy) is 2. The minimum atomic E-state index is -4.81. The topological polar surface area (TPSA) is 110 Å². The van der Waals surface area contributed by atoms with E-state index in [0.29, 0.717) is 6.61 Å². The molecule has 9 nitrogen and oxygen atoms in total. The van der Waals surface area contributed by atoms with Crippen molar-refractivity contribution in [2.45, 2.75) is 52.4 Å². The van der Waals surface area contributed by atoms with Crippen molar-refractivity contribution in [3.63, 3.8) is 0 Å². The summed E-state index contributed by atoms with van der Waals surface area (Å²) in [4.78, 5) is 14.8. The van der Waals surface area contributed by atoms with Gasteiger partial charge < -0.3 is 35.1 Å². The van der Waals surface area contributed by atoms with Gasteiger partial charge in [0.25, 0.3) is 0 Å². The zero-order valence-electron chi connectivity index (χ0n) is 24.3. The number of nitrogens with zero attached hydrogens (tertiary/aromatic N) is 2. The first kappa shape index (κ1) is 34.0. The van der Waals surface area contributed by atoms with Gasteiger partial charge in [0.2, 0.25) is 0 Å². The van der Waals surface area contributed by atoms with Crippen LogP contribution < -0.4 is 20.7 Å². The van der Waals surface area contributed by atoms with E-state index < -0.39 is 59.8 Å². The van der Waals surface area contributed by atoms with Crippen molar-refractivity contribution in [3.05, 3.63) is 47.8 Å². The van der Waals surface area contributed by atoms with Crippen LogP contribution in [0.1, 0.15) is 19.4 Å². The number of benzene rings is 1. The number of hydrogen-bond donors (Lipinski definition) is 4. The quantitative estimate of drug-likeness (QED) is 0.0719. The van der Waals surface area contributed by atoms with E-state index in [0.717, 1.165) is 30.4 Å². The van der Waals surface area contributed by atoms with Gasteiger partial charge in [-0.25, -0.2) is 18.6 Å². The third-order valence-electron chi connectivity index (χ3n) is 6.17. The van der Waals surface area contributed by atoms with Crippen molar-refractivity contribution in [1.29, 1.82) is 0 Å². The lowest BCUT2D eigenvalue weighted by atomic mass is 9.93. The Kier molecular flexibility index (Phi) is 10.6. The number of aromatic nitrogens is 2. The molecule has 0 spiro atoms. The van der Waals surface area contributed by atoms with Crippen LogP contribution in [-0.4, -0.2) is 53.6 Å². The lowest BCUT2D eigenvalue weighted by Crippen LogP contribution is -2.42. The third-order valence-corrected chi connectivity index (χ3v) is 8.12. The number of carbonyl (C=O) groups is 1. The second-order valence-electron chi connectivity index (χ2n) is 11.9. The van der Waals surface area contributed by atoms with Gasteiger partial charge in [0.15, 0.2) is 22.5 Å². The normalized spacial score (nSPS) is 12.3. The highest BCUT2D eigenvalue weighted by Gasteiger charge is 2.37. The fourth-order valence-electron chi connectivity index (χ4n) is 3.84. The van der Waals surface area contributed by atoms with Crippen molar-refractivity contribution >= 4 is 48.2 Å². The Balaban J connectivity index is 1.81. The number of nitrogens with one attached hydrogen (secondary N) is 3. The van der Waals surface area contributed by atoms with Gasteiger partial charge in [-0.15, -0.1) is 0 Å². The molecule has 0 aliphatic rings. The molecular formula is C27H34F5N5O4SSi. The van der Waals surface area contributed by atoms with Gasteiger partial charge in [0.1, 0.15) is 18.1 Å². The molecule has 16 heteroatoms. The third kappa shape index (κ3) is 9.76. The molecule has 0 aliphatic heterocycles. The molecule has 2 heterocycles. The summed E-state index contributed by atoms with van der Waals surface area (Å²) in [5.41, 5.74) is -1.83. The number of thiocarbonyl (C=S) groups is 1. The average Bonchev–Trinajstić information content (AvgIpc) is 3.26. The summed E-state index contributed by atoms with van der Waals surface area (Å²) in [5, 5.41) is 16.1. The zero-order chi connectivity index (χ0) is 32.2. The fourth-order valence-corrected chi connectivity index (χ4v) is 4.78. The fraction of sp³-hybridized carbons (Fsp3) is 0.444. The Morgan fingerprint density at radius 3 is 2.33 bits per heavy atom. The van der Waals surface area contributed by atoms with Crippen molar-refractivity contribution in [2.75, 3.05) is 25.0 Å². The predicted molar refractivity (Wildman–Crippen MR) is 159 cm³/mol. The van der Waals surface area contributed by atoms with Gasteiger partial charge in [-0.2, -0.15) is 13.2 Å². The van der Waals surface area contributed by atoms with Crippen molar-refractivity contribution in [1.82, 2.24) is 20.2 Å². The molecular weight excluding hydrogens is 613 g/mol. The molecule has 0 radical (unpaired) electrons. The van der Waals surface area contributed by atoms with E-state index in [4.69, 9.17) is 26.8 Å². The number of halogens is 5. The molecule has 1 amide bonds. The first-order valence-electron chi connectivity index (χ1n) is 13.2. The molecule has 43 heavy (non-hydrogen) atoms. The summed E-state index contributed by atoms with van der Waals surface area (Å²) in [5.74, 6) is -3.73. The molecule has 0 unspecified atom stereocenters. The minimum absolute atomic E-state index is 0.00920. The molecule has 0 bridgehead atoms. The molecule has 2 aromatic heterocycles. The lowest BCUT2D eigenvalue weighted by Gasteiger charge is -2.25. The van der Waals surface area contributed by atoms with Crippen LogP contribution in [0.3, 0.4) is 0 Å². The maximum absolute atomic E-state index is 15.0. The van der Waals surface area contributed by atoms with E-state index >= 15 is 8.78 Å². The highest BCUT2D eigenvalue weighted by atomic mass is 32.1. The van der Waals surface area contributed by atoms with Crippen LogP contribution >= 0.6 is 12.2 Å². The van der Waals surface area contributed by atoms with Crippen LogP contribution in [0.25, 0.3) is 11.0 Å². The summed E-state index contributed by atoms with van der Waals surface area (Å²) in [6.07, 6.45) is -3.97. The highest BCUT2D eigenvalue weighted by molar-refractivity contribution is 7.80. The van der Waals surface area contributed by atoms with E-state index in [-0.39, 0.29) is 36.3 Å². The Labute approximate surface area is 251 Å². The number of anilines is 1.